The molecule has 1 saturated heterocycles. The first-order chi connectivity index (χ1) is 9.25. The third kappa shape index (κ3) is 2.25. The molecule has 100 valence electrons. The lowest BCUT2D eigenvalue weighted by atomic mass is 10.1. The van der Waals surface area contributed by atoms with E-state index in [1.807, 2.05) is 24.2 Å². The molecule has 3 heterocycles. The molecule has 1 atom stereocenters. The van der Waals surface area contributed by atoms with Crippen LogP contribution in [0.1, 0.15) is 30.1 Å². The molecule has 0 bridgehead atoms. The van der Waals surface area contributed by atoms with Gasteiger partial charge in [-0.05, 0) is 25.3 Å². The standard InChI is InChI=1S/C13H17N5O/c1-10-7-15-16-13(10)11-3-2-5-18(11)12(19)8-17-6-4-14-9-17/h4,6-7,9,11H,2-3,5,8H2,1H3,(H,15,16)/t11-/m0/s1. The summed E-state index contributed by atoms with van der Waals surface area (Å²) in [4.78, 5) is 18.3. The minimum atomic E-state index is 0.134. The largest absolute Gasteiger partial charge is 0.333 e. The van der Waals surface area contributed by atoms with Crippen molar-refractivity contribution in [3.8, 4) is 0 Å². The first-order valence-corrected chi connectivity index (χ1v) is 6.51. The molecule has 0 aliphatic carbocycles. The first kappa shape index (κ1) is 12.0. The average molecular weight is 259 g/mol. The molecular formula is C13H17N5O. The number of rotatable bonds is 3. The molecule has 6 heteroatoms. The number of aryl methyl sites for hydroxylation is 1. The number of imidazole rings is 1. The fourth-order valence-electron chi connectivity index (χ4n) is 2.69. The number of H-pyrrole nitrogens is 1. The number of carbonyl (C=O) groups excluding carboxylic acids is 1. The van der Waals surface area contributed by atoms with Gasteiger partial charge in [0.2, 0.25) is 5.91 Å². The molecule has 3 rings (SSSR count). The van der Waals surface area contributed by atoms with Gasteiger partial charge in [-0.2, -0.15) is 5.10 Å². The van der Waals surface area contributed by atoms with Crippen LogP contribution in [0.15, 0.2) is 24.9 Å². The molecule has 1 aliphatic rings. The molecular weight excluding hydrogens is 242 g/mol. The molecule has 0 saturated carbocycles. The Kier molecular flexibility index (Phi) is 3.06. The zero-order valence-electron chi connectivity index (χ0n) is 10.9. The van der Waals surface area contributed by atoms with E-state index >= 15 is 0 Å². The van der Waals surface area contributed by atoms with Crippen molar-refractivity contribution in [1.82, 2.24) is 24.6 Å². The molecule has 1 N–H and O–H groups in total. The molecule has 19 heavy (non-hydrogen) atoms. The monoisotopic (exact) mass is 259 g/mol. The minimum absolute atomic E-state index is 0.134. The fourth-order valence-corrected chi connectivity index (χ4v) is 2.69. The van der Waals surface area contributed by atoms with Crippen molar-refractivity contribution in [2.45, 2.75) is 32.4 Å². The molecule has 1 aliphatic heterocycles. The van der Waals surface area contributed by atoms with E-state index in [4.69, 9.17) is 0 Å². The number of carbonyl (C=O) groups is 1. The summed E-state index contributed by atoms with van der Waals surface area (Å²) in [6.07, 6.45) is 9.02. The lowest BCUT2D eigenvalue weighted by molar-refractivity contribution is -0.132. The number of nitrogens with zero attached hydrogens (tertiary/aromatic N) is 4. The average Bonchev–Trinajstić information content (AvgIpc) is 3.07. The van der Waals surface area contributed by atoms with Crippen molar-refractivity contribution in [3.63, 3.8) is 0 Å². The number of hydrogen-bond donors (Lipinski definition) is 1. The van der Waals surface area contributed by atoms with Crippen LogP contribution in [0.5, 0.6) is 0 Å². The number of amides is 1. The lowest BCUT2D eigenvalue weighted by Gasteiger charge is -2.24. The van der Waals surface area contributed by atoms with Crippen molar-refractivity contribution >= 4 is 5.91 Å². The van der Waals surface area contributed by atoms with Gasteiger partial charge in [-0.25, -0.2) is 4.98 Å². The fraction of sp³-hybridized carbons (Fsp3) is 0.462. The molecule has 6 nitrogen and oxygen atoms in total. The Labute approximate surface area is 111 Å². The number of aromatic nitrogens is 4. The number of likely N-dealkylation sites (tertiary alicyclic amines) is 1. The van der Waals surface area contributed by atoms with Gasteiger partial charge in [-0.15, -0.1) is 0 Å². The summed E-state index contributed by atoms with van der Waals surface area (Å²) in [6.45, 7) is 3.19. The Hall–Kier alpha value is -2.11. The summed E-state index contributed by atoms with van der Waals surface area (Å²) in [5, 5.41) is 7.09. The maximum atomic E-state index is 12.4. The van der Waals surface area contributed by atoms with Gasteiger partial charge in [0.05, 0.1) is 24.3 Å². The Morgan fingerprint density at radius 3 is 3.16 bits per heavy atom. The van der Waals surface area contributed by atoms with E-state index in [0.717, 1.165) is 30.6 Å². The van der Waals surface area contributed by atoms with Gasteiger partial charge in [-0.3, -0.25) is 9.89 Å². The lowest BCUT2D eigenvalue weighted by Crippen LogP contribution is -2.33. The molecule has 0 unspecified atom stereocenters. The second-order valence-electron chi connectivity index (χ2n) is 4.95. The smallest absolute Gasteiger partial charge is 0.243 e. The Balaban J connectivity index is 1.76. The summed E-state index contributed by atoms with van der Waals surface area (Å²) in [6, 6.07) is 0.138. The van der Waals surface area contributed by atoms with Crippen LogP contribution in [0, 0.1) is 6.92 Å². The van der Waals surface area contributed by atoms with Crippen molar-refractivity contribution in [2.24, 2.45) is 0 Å². The molecule has 2 aromatic heterocycles. The zero-order chi connectivity index (χ0) is 13.2. The number of aromatic amines is 1. The number of nitrogens with one attached hydrogen (secondary N) is 1. The Morgan fingerprint density at radius 2 is 2.47 bits per heavy atom. The first-order valence-electron chi connectivity index (χ1n) is 6.51. The maximum Gasteiger partial charge on any atom is 0.243 e. The number of hydrogen-bond acceptors (Lipinski definition) is 3. The predicted molar refractivity (Wildman–Crippen MR) is 69.2 cm³/mol. The highest BCUT2D eigenvalue weighted by atomic mass is 16.2. The molecule has 1 amide bonds. The maximum absolute atomic E-state index is 12.4. The van der Waals surface area contributed by atoms with E-state index in [1.165, 1.54) is 0 Å². The molecule has 0 spiro atoms. The summed E-state index contributed by atoms with van der Waals surface area (Å²) in [5.41, 5.74) is 2.18. The topological polar surface area (TPSA) is 66.8 Å². The van der Waals surface area contributed by atoms with Gasteiger partial charge in [0, 0.05) is 18.9 Å². The summed E-state index contributed by atoms with van der Waals surface area (Å²) < 4.78 is 1.80. The van der Waals surface area contributed by atoms with Gasteiger partial charge < -0.3 is 9.47 Å². The zero-order valence-corrected chi connectivity index (χ0v) is 10.9. The van der Waals surface area contributed by atoms with Gasteiger partial charge >= 0.3 is 0 Å². The molecule has 0 aromatic carbocycles. The quantitative estimate of drug-likeness (QED) is 0.903. The summed E-state index contributed by atoms with van der Waals surface area (Å²) in [7, 11) is 0. The summed E-state index contributed by atoms with van der Waals surface area (Å²) >= 11 is 0. The van der Waals surface area contributed by atoms with Gasteiger partial charge in [-0.1, -0.05) is 0 Å². The van der Waals surface area contributed by atoms with Gasteiger partial charge in [0.1, 0.15) is 6.54 Å². The van der Waals surface area contributed by atoms with Crippen LogP contribution in [0.4, 0.5) is 0 Å². The van der Waals surface area contributed by atoms with Crippen molar-refractivity contribution in [1.29, 1.82) is 0 Å². The highest BCUT2D eigenvalue weighted by Gasteiger charge is 2.31. The van der Waals surface area contributed by atoms with Crippen LogP contribution >= 0.6 is 0 Å². The van der Waals surface area contributed by atoms with E-state index < -0.39 is 0 Å². The second-order valence-corrected chi connectivity index (χ2v) is 4.95. The third-order valence-corrected chi connectivity index (χ3v) is 3.65. The van der Waals surface area contributed by atoms with Crippen LogP contribution in [0.25, 0.3) is 0 Å². The van der Waals surface area contributed by atoms with Crippen LogP contribution in [0.2, 0.25) is 0 Å². The predicted octanol–water partition coefficient (Wildman–Crippen LogP) is 1.28. The van der Waals surface area contributed by atoms with Gasteiger partial charge in [0.15, 0.2) is 0 Å². The third-order valence-electron chi connectivity index (χ3n) is 3.65. The van der Waals surface area contributed by atoms with E-state index in [-0.39, 0.29) is 11.9 Å². The van der Waals surface area contributed by atoms with E-state index in [2.05, 4.69) is 15.2 Å². The molecule has 0 radical (unpaired) electrons. The Morgan fingerprint density at radius 1 is 1.58 bits per heavy atom. The SMILES string of the molecule is Cc1cn[nH]c1[C@@H]1CCCN1C(=O)Cn1ccnc1. The van der Waals surface area contributed by atoms with Crippen molar-refractivity contribution in [3.05, 3.63) is 36.2 Å². The Bertz CT molecular complexity index is 559. The van der Waals surface area contributed by atoms with Crippen LogP contribution in [0.3, 0.4) is 0 Å². The van der Waals surface area contributed by atoms with Crippen LogP contribution < -0.4 is 0 Å². The molecule has 2 aromatic rings. The van der Waals surface area contributed by atoms with Crippen molar-refractivity contribution in [2.75, 3.05) is 6.54 Å². The van der Waals surface area contributed by atoms with E-state index in [9.17, 15) is 4.79 Å². The van der Waals surface area contributed by atoms with E-state index in [1.54, 1.807) is 17.1 Å². The van der Waals surface area contributed by atoms with Crippen LogP contribution in [-0.2, 0) is 11.3 Å². The van der Waals surface area contributed by atoms with Gasteiger partial charge in [0.25, 0.3) is 0 Å². The highest BCUT2D eigenvalue weighted by Crippen LogP contribution is 2.32. The second kappa shape index (κ2) is 4.87. The van der Waals surface area contributed by atoms with Crippen molar-refractivity contribution < 1.29 is 4.79 Å². The molecule has 1 fully saturated rings. The summed E-state index contributed by atoms with van der Waals surface area (Å²) in [5.74, 6) is 0.134. The van der Waals surface area contributed by atoms with Crippen LogP contribution in [-0.4, -0.2) is 37.1 Å². The van der Waals surface area contributed by atoms with E-state index in [0.29, 0.717) is 6.54 Å². The minimum Gasteiger partial charge on any atom is -0.333 e. The normalized spacial score (nSPS) is 19.0. The highest BCUT2D eigenvalue weighted by molar-refractivity contribution is 5.76.